The Bertz CT molecular complexity index is 5250. The number of amides is 5. The number of carbonyl (C=O) groups is 13. The number of alkyl carbamates (subject to hydrolysis) is 4. The van der Waals surface area contributed by atoms with Crippen LogP contribution in [0.25, 0.3) is 0 Å². The summed E-state index contributed by atoms with van der Waals surface area (Å²) in [5, 5.41) is 30.7. The molecular formula is C106H134N6O25U2. The van der Waals surface area contributed by atoms with E-state index in [9.17, 15) is 67.4 Å². The summed E-state index contributed by atoms with van der Waals surface area (Å²) in [5.41, 5.74) is 12.1. The molecule has 11 atom stereocenters. The molecule has 0 aromatic heterocycles. The minimum Gasteiger partial charge on any atom is -0.497 e. The molecule has 11 rings (SSSR count). The zero-order valence-corrected chi connectivity index (χ0v) is 87.2. The van der Waals surface area contributed by atoms with Crippen molar-refractivity contribution in [3.05, 3.63) is 305 Å². The summed E-state index contributed by atoms with van der Waals surface area (Å²) in [6.45, 7) is 13.0. The van der Waals surface area contributed by atoms with Crippen LogP contribution in [0.15, 0.2) is 255 Å². The Morgan fingerprint density at radius 2 is 0.626 bits per heavy atom. The number of Topliss-reactive ketones (excluding diaryl/α,β-unsaturated/α-hetero) is 5. The number of esters is 1. The molecule has 0 bridgehead atoms. The van der Waals surface area contributed by atoms with Gasteiger partial charge in [-0.05, 0) is 160 Å². The normalized spacial score (nSPS) is 15.0. The fourth-order valence-electron chi connectivity index (χ4n) is 12.9. The van der Waals surface area contributed by atoms with Gasteiger partial charge in [0, 0.05) is 91.7 Å². The second-order valence-electron chi connectivity index (χ2n) is 32.0. The maximum atomic E-state index is 13.8. The van der Waals surface area contributed by atoms with Crippen molar-refractivity contribution in [3.8, 4) is 17.2 Å². The molecule has 0 spiro atoms. The van der Waals surface area contributed by atoms with Crippen molar-refractivity contribution in [2.75, 3.05) is 41.7 Å². The summed E-state index contributed by atoms with van der Waals surface area (Å²) >= 11 is 0. The topological polar surface area (TPSA) is 447 Å². The van der Waals surface area contributed by atoms with Gasteiger partial charge in [-0.1, -0.05) is 247 Å². The number of carboxylic acid groups (broad SMARTS) is 2. The number of epoxide rings is 2. The molecule has 2 saturated heterocycles. The molecule has 2 fully saturated rings. The first-order valence-electron chi connectivity index (χ1n) is 45.5. The maximum absolute atomic E-state index is 13.8. The van der Waals surface area contributed by atoms with Gasteiger partial charge in [0.15, 0.2) is 28.9 Å². The molecule has 9 aromatic rings. The van der Waals surface area contributed by atoms with E-state index in [4.69, 9.17) is 62.5 Å². The molecular weight excluding hydrogens is 2230 g/mol. The van der Waals surface area contributed by atoms with Crippen LogP contribution in [0.3, 0.4) is 0 Å². The number of benzene rings is 9. The monoisotopic (exact) mass is 2370 g/mol. The Labute approximate surface area is 866 Å². The van der Waals surface area contributed by atoms with E-state index in [0.29, 0.717) is 56.6 Å². The quantitative estimate of drug-likeness (QED) is 0.00999. The molecule has 746 valence electrons. The number of carbonyl (C=O) groups excluding carboxylic acids is 11. The summed E-state index contributed by atoms with van der Waals surface area (Å²) in [4.78, 5) is 159. The molecule has 9 N–H and O–H groups in total. The largest absolute Gasteiger partial charge is 0.497 e. The predicted molar refractivity (Wildman–Crippen MR) is 519 cm³/mol. The van der Waals surface area contributed by atoms with E-state index in [2.05, 4.69) is 26.6 Å². The van der Waals surface area contributed by atoms with Crippen LogP contribution < -0.4 is 46.5 Å². The molecule has 2 aliphatic rings. The standard InChI is InChI=1S/C34H38N2O7.C23H27NO6.C22H25NO6.C12H15NO2.C11H13NO4.C2H6.2CH4.2U.H2/c1-23(35-33(40)42-21-26-12-8-5-9-13-26)30(37)20-27(18-25-14-16-28(41-3)17-15-25)32(39)36-29(31(38)34(2)22-43-34)19-24-10-6-4-7-11-24;1-16(24-23(27)30-15-18-7-5-4-6-8-18)21(25)14-19(22(26)29-3)13-17-9-11-20(28-2)12-10-17;1-15(23-22(27)29-14-17-6-4-3-5-7-17)20(24)13-18(21(25)26)12-16-8-10-19(28-2)11-9-16;1-12(8-15-12)11(14)10(13)7-9-5-3-2-4-6-9;1-8(10(13)14)12-11(15)16-7-9-5-3-2-4-6-9;1-2;;;;;/h4-17,23,27,29H,18-22H2,1-3H3,(H,35,40)(H,36,39);4-12,16,19H,13-15H2,1-3H3,(H,24,27);3-11,15,18H,12-14H2,1-2H3,(H,23,27)(H,25,26);2-6,10H,7-8,13H2,1H3;2-6,8H,7H2,1H3,(H,12,15)(H,13,14);1-2H3;2*1H4;;;1H/t23-,27?,29?,34+;16-,19?;15-,18?;10?,12-;8-;;;;;;/m00010....../s1/i;;;;;1D;;;;;1+2T. The van der Waals surface area contributed by atoms with Gasteiger partial charge in [-0.3, -0.25) is 43.2 Å². The number of methoxy groups -OCH3 is 4. The van der Waals surface area contributed by atoms with E-state index >= 15 is 0 Å². The Balaban J connectivity index is 0.000000910. The van der Waals surface area contributed by atoms with Gasteiger partial charge in [-0.2, -0.15) is 0 Å². The van der Waals surface area contributed by atoms with Gasteiger partial charge in [0.2, 0.25) is 5.91 Å². The fraction of sp³-hybridized carbons (Fsp3) is 0.368. The van der Waals surface area contributed by atoms with Crippen LogP contribution in [0, 0.1) is 80.0 Å². The summed E-state index contributed by atoms with van der Waals surface area (Å²) in [6, 6.07) is 72.6. The van der Waals surface area contributed by atoms with Crippen molar-refractivity contribution in [2.45, 2.75) is 195 Å². The van der Waals surface area contributed by atoms with E-state index in [1.54, 1.807) is 104 Å². The Kier molecular flexibility index (Phi) is 56.1. The molecule has 0 aliphatic carbocycles. The average molecular weight is 2370 g/mol. The smallest absolute Gasteiger partial charge is 0.408 e. The number of aliphatic carboxylic acids is 2. The number of nitrogens with two attached hydrogens (primary N) is 1. The van der Waals surface area contributed by atoms with Gasteiger partial charge in [0.25, 0.3) is 0 Å². The van der Waals surface area contributed by atoms with E-state index in [1.165, 1.54) is 21.0 Å². The van der Waals surface area contributed by atoms with Gasteiger partial charge in [-0.15, -0.1) is 0 Å². The SMILES string of the molecule is C.C.COC(=O)C(CC(=O)[C@H](C)NC(=O)OCc1ccccc1)Cc1ccc(OC)cc1.COc1ccc(CC(CC(=O)[C@H](C)NC(=O)OCc2ccccc2)C(=O)NC(Cc2ccccc2)C(=O)[C@@]2(C)CO2)cc1.COc1ccc(CC(CC(=O)[C@H](C)NC(=O)OCc2ccccc2)C(=O)O)cc1.C[C@H](NC(=O)OCc1ccccc1)C(=O)O.C[C@]1(C(=O)C(N)Cc2ccccc2)CO1.[2H]CC.[3H][3H].[U].[U]. The number of carboxylic acids is 2. The first-order valence-corrected chi connectivity index (χ1v) is 43.8. The Hall–Kier alpha value is -12.3. The maximum Gasteiger partial charge on any atom is 0.408 e. The van der Waals surface area contributed by atoms with E-state index in [1.807, 2.05) is 206 Å². The van der Waals surface area contributed by atoms with Crippen molar-refractivity contribution in [1.29, 1.82) is 0 Å². The van der Waals surface area contributed by atoms with Gasteiger partial charge in [-0.25, -0.2) is 19.2 Å². The number of ether oxygens (including phenoxy) is 10. The van der Waals surface area contributed by atoms with Gasteiger partial charge in [0.05, 0.1) is 83.7 Å². The number of nitrogens with one attached hydrogen (secondary N) is 5. The average Bonchev–Trinajstić information content (AvgIpc) is 1.63. The second-order valence-corrected chi connectivity index (χ2v) is 32.0. The number of ketones is 5. The number of hydrogen-bond donors (Lipinski definition) is 8. The fourth-order valence-corrected chi connectivity index (χ4v) is 12.9. The minimum atomic E-state index is -1.10. The van der Waals surface area contributed by atoms with Crippen molar-refractivity contribution in [2.24, 2.45) is 23.5 Å². The third-order valence-corrected chi connectivity index (χ3v) is 21.3. The van der Waals surface area contributed by atoms with Crippen LogP contribution in [0.5, 0.6) is 17.2 Å². The van der Waals surface area contributed by atoms with Crippen LogP contribution in [-0.2, 0) is 135 Å². The summed E-state index contributed by atoms with van der Waals surface area (Å²) in [7, 11) is 5.98. The molecule has 31 nitrogen and oxygen atoms in total. The summed E-state index contributed by atoms with van der Waals surface area (Å²) in [6.07, 6.45) is -1.63. The number of rotatable bonds is 43. The van der Waals surface area contributed by atoms with Crippen molar-refractivity contribution >= 4 is 77.1 Å². The molecule has 5 unspecified atom stereocenters. The second kappa shape index (κ2) is 65.5. The van der Waals surface area contributed by atoms with Crippen LogP contribution in [-0.4, -0.2) is 176 Å². The molecule has 9 aromatic carbocycles. The third-order valence-electron chi connectivity index (χ3n) is 21.3. The van der Waals surface area contributed by atoms with Crippen LogP contribution in [0.4, 0.5) is 19.2 Å². The Morgan fingerprint density at radius 1 is 0.374 bits per heavy atom. The molecule has 0 saturated carbocycles. The molecule has 2 heterocycles. The molecule has 2 aliphatic heterocycles. The van der Waals surface area contributed by atoms with E-state index in [-0.39, 0.29) is 165 Å². The van der Waals surface area contributed by atoms with E-state index in [0.717, 1.165) is 50.1 Å². The van der Waals surface area contributed by atoms with Crippen molar-refractivity contribution < 1.29 is 186 Å². The third kappa shape index (κ3) is 46.3. The van der Waals surface area contributed by atoms with Crippen LogP contribution >= 0.6 is 0 Å². The van der Waals surface area contributed by atoms with Crippen LogP contribution in [0.2, 0.25) is 0 Å². The van der Waals surface area contributed by atoms with E-state index < -0.39 is 113 Å². The molecule has 0 radical (unpaired) electrons. The van der Waals surface area contributed by atoms with Gasteiger partial charge >= 0.3 is 42.3 Å². The molecule has 139 heavy (non-hydrogen) atoms. The van der Waals surface area contributed by atoms with Crippen molar-refractivity contribution in [3.63, 3.8) is 0 Å². The summed E-state index contributed by atoms with van der Waals surface area (Å²) < 4.78 is 67.3. The first-order chi connectivity index (χ1) is 66.1. The zero-order chi connectivity index (χ0) is 102. The number of hydrogen-bond acceptors (Lipinski definition) is 24. The first kappa shape index (κ1) is 119. The minimum absolute atomic E-state index is 0. The predicted octanol–water partition coefficient (Wildman–Crippen LogP) is 15.6. The van der Waals surface area contributed by atoms with Crippen LogP contribution in [0.1, 0.15) is 144 Å². The molecule has 33 heteroatoms. The Morgan fingerprint density at radius 3 is 0.906 bits per heavy atom. The van der Waals surface area contributed by atoms with Gasteiger partial charge in [0.1, 0.15) is 60.9 Å². The zero-order valence-electron chi connectivity index (χ0n) is 81.9. The molecule has 5 amide bonds. The van der Waals surface area contributed by atoms with Crippen molar-refractivity contribution in [1.82, 2.24) is 26.6 Å². The van der Waals surface area contributed by atoms with Gasteiger partial charge < -0.3 is 89.9 Å². The summed E-state index contributed by atoms with van der Waals surface area (Å²) in [5.74, 6) is -4.57.